The lowest BCUT2D eigenvalue weighted by Gasteiger charge is -2.00. The molecule has 0 aliphatic heterocycles. The van der Waals surface area contributed by atoms with Crippen molar-refractivity contribution >= 4 is 11.9 Å². The molecule has 0 aliphatic carbocycles. The van der Waals surface area contributed by atoms with E-state index in [2.05, 4.69) is 15.6 Å². The summed E-state index contributed by atoms with van der Waals surface area (Å²) in [6, 6.07) is 1.69. The van der Waals surface area contributed by atoms with E-state index in [0.29, 0.717) is 5.69 Å². The van der Waals surface area contributed by atoms with Crippen LogP contribution >= 0.6 is 0 Å². The number of hydrogen-bond acceptors (Lipinski definition) is 5. The van der Waals surface area contributed by atoms with Gasteiger partial charge in [0.15, 0.2) is 5.76 Å². The minimum atomic E-state index is -1.01. The van der Waals surface area contributed by atoms with Crippen LogP contribution in [-0.2, 0) is 17.9 Å². The first-order chi connectivity index (χ1) is 9.06. The average Bonchev–Trinajstić information content (AvgIpc) is 2.94. The van der Waals surface area contributed by atoms with Crippen molar-refractivity contribution in [3.63, 3.8) is 0 Å². The third kappa shape index (κ3) is 3.18. The van der Waals surface area contributed by atoms with E-state index < -0.39 is 5.97 Å². The summed E-state index contributed by atoms with van der Waals surface area (Å²) in [5.41, 5.74) is 1.21. The Kier molecular flexibility index (Phi) is 3.60. The molecule has 2 aromatic rings. The third-order valence-corrected chi connectivity index (χ3v) is 2.38. The summed E-state index contributed by atoms with van der Waals surface area (Å²) in [5.74, 6) is -1.11. The molecule has 2 N–H and O–H groups in total. The molecular formula is C11H12N4O4. The fraction of sp³-hybridized carbons (Fsp3) is 0.273. The Labute approximate surface area is 108 Å². The number of aryl methyl sites for hydroxylation is 1. The van der Waals surface area contributed by atoms with Gasteiger partial charge in [0.05, 0.1) is 19.0 Å². The van der Waals surface area contributed by atoms with E-state index in [1.165, 1.54) is 17.1 Å². The van der Waals surface area contributed by atoms with Gasteiger partial charge in [-0.3, -0.25) is 9.59 Å². The molecule has 0 unspecified atom stereocenters. The first-order valence-corrected chi connectivity index (χ1v) is 5.49. The van der Waals surface area contributed by atoms with Gasteiger partial charge in [0.25, 0.3) is 5.91 Å². The highest BCUT2D eigenvalue weighted by Gasteiger charge is 2.13. The van der Waals surface area contributed by atoms with Crippen molar-refractivity contribution in [2.24, 2.45) is 0 Å². The van der Waals surface area contributed by atoms with Gasteiger partial charge in [-0.25, -0.2) is 4.68 Å². The second-order valence-corrected chi connectivity index (χ2v) is 3.92. The Morgan fingerprint density at radius 2 is 2.32 bits per heavy atom. The summed E-state index contributed by atoms with van der Waals surface area (Å²) in [6.07, 6.45) is 2.90. The summed E-state index contributed by atoms with van der Waals surface area (Å²) in [5, 5.41) is 18.6. The number of hydrogen-bond donors (Lipinski definition) is 2. The van der Waals surface area contributed by atoms with Crippen molar-refractivity contribution in [3.8, 4) is 0 Å². The molecular weight excluding hydrogens is 252 g/mol. The van der Waals surface area contributed by atoms with Crippen LogP contribution < -0.4 is 5.32 Å². The molecule has 8 heteroatoms. The third-order valence-electron chi connectivity index (χ3n) is 2.38. The number of furan rings is 1. The highest BCUT2D eigenvalue weighted by molar-refractivity contribution is 5.92. The van der Waals surface area contributed by atoms with E-state index in [1.54, 1.807) is 13.0 Å². The molecule has 100 valence electrons. The molecule has 0 spiro atoms. The van der Waals surface area contributed by atoms with Crippen molar-refractivity contribution in [3.05, 3.63) is 35.5 Å². The molecule has 0 radical (unpaired) electrons. The summed E-state index contributed by atoms with van der Waals surface area (Å²) < 4.78 is 6.22. The lowest BCUT2D eigenvalue weighted by Crippen LogP contribution is -2.23. The Morgan fingerprint density at radius 3 is 2.95 bits per heavy atom. The van der Waals surface area contributed by atoms with Crippen LogP contribution in [0.25, 0.3) is 0 Å². The van der Waals surface area contributed by atoms with Gasteiger partial charge in [-0.15, -0.1) is 5.10 Å². The predicted molar refractivity (Wildman–Crippen MR) is 62.3 cm³/mol. The summed E-state index contributed by atoms with van der Waals surface area (Å²) in [4.78, 5) is 22.2. The molecule has 0 bridgehead atoms. The van der Waals surface area contributed by atoms with Crippen LogP contribution in [0.1, 0.15) is 21.8 Å². The van der Waals surface area contributed by atoms with Crippen LogP contribution in [0.5, 0.6) is 0 Å². The van der Waals surface area contributed by atoms with Gasteiger partial charge in [-0.1, -0.05) is 5.21 Å². The Balaban J connectivity index is 1.92. The minimum Gasteiger partial charge on any atom is -0.480 e. The van der Waals surface area contributed by atoms with E-state index in [9.17, 15) is 9.59 Å². The maximum absolute atomic E-state index is 11.7. The first kappa shape index (κ1) is 12.8. The first-order valence-electron chi connectivity index (χ1n) is 5.49. The molecule has 2 rings (SSSR count). The molecule has 0 saturated carbocycles. The number of nitrogens with one attached hydrogen (secondary N) is 1. The largest absolute Gasteiger partial charge is 0.480 e. The average molecular weight is 264 g/mol. The molecule has 0 saturated heterocycles. The van der Waals surface area contributed by atoms with E-state index in [1.807, 2.05) is 0 Å². The SMILES string of the molecule is Cc1ccoc1C(=O)NCc1cn(CC(=O)O)nn1. The molecule has 2 heterocycles. The summed E-state index contributed by atoms with van der Waals surface area (Å²) in [7, 11) is 0. The quantitative estimate of drug-likeness (QED) is 0.797. The predicted octanol–water partition coefficient (Wildman–Crippen LogP) is 0.194. The minimum absolute atomic E-state index is 0.151. The maximum atomic E-state index is 11.7. The fourth-order valence-corrected chi connectivity index (χ4v) is 1.49. The van der Waals surface area contributed by atoms with Crippen LogP contribution in [0.4, 0.5) is 0 Å². The van der Waals surface area contributed by atoms with Gasteiger partial charge < -0.3 is 14.8 Å². The van der Waals surface area contributed by atoms with Gasteiger partial charge in [-0.2, -0.15) is 0 Å². The monoisotopic (exact) mass is 264 g/mol. The standard InChI is InChI=1S/C11H12N4O4/c1-7-2-3-19-10(7)11(18)12-4-8-5-15(14-13-8)6-9(16)17/h2-3,5H,4,6H2,1H3,(H,12,18)(H,16,17). The zero-order valence-electron chi connectivity index (χ0n) is 10.2. The number of carboxylic acid groups (broad SMARTS) is 1. The van der Waals surface area contributed by atoms with Crippen LogP contribution in [0.2, 0.25) is 0 Å². The van der Waals surface area contributed by atoms with Crippen LogP contribution in [0.15, 0.2) is 22.9 Å². The van der Waals surface area contributed by atoms with Crippen molar-refractivity contribution in [1.29, 1.82) is 0 Å². The lowest BCUT2D eigenvalue weighted by molar-refractivity contribution is -0.137. The zero-order valence-corrected chi connectivity index (χ0v) is 10.2. The molecule has 0 aliphatic rings. The van der Waals surface area contributed by atoms with Gasteiger partial charge >= 0.3 is 5.97 Å². The van der Waals surface area contributed by atoms with E-state index >= 15 is 0 Å². The highest BCUT2D eigenvalue weighted by Crippen LogP contribution is 2.08. The second kappa shape index (κ2) is 5.34. The van der Waals surface area contributed by atoms with Crippen LogP contribution in [-0.4, -0.2) is 32.0 Å². The Hall–Kier alpha value is -2.64. The highest BCUT2D eigenvalue weighted by atomic mass is 16.4. The summed E-state index contributed by atoms with van der Waals surface area (Å²) in [6.45, 7) is 1.65. The van der Waals surface area contributed by atoms with Crippen molar-refractivity contribution in [2.45, 2.75) is 20.0 Å². The number of nitrogens with zero attached hydrogens (tertiary/aromatic N) is 3. The van der Waals surface area contributed by atoms with Crippen molar-refractivity contribution in [1.82, 2.24) is 20.3 Å². The number of amides is 1. The number of carbonyl (C=O) groups is 2. The second-order valence-electron chi connectivity index (χ2n) is 3.92. The number of carboxylic acids is 1. The molecule has 2 aromatic heterocycles. The molecule has 19 heavy (non-hydrogen) atoms. The Morgan fingerprint density at radius 1 is 1.53 bits per heavy atom. The van der Waals surface area contributed by atoms with E-state index in [0.717, 1.165) is 5.56 Å². The number of carbonyl (C=O) groups excluding carboxylic acids is 1. The normalized spacial score (nSPS) is 10.4. The van der Waals surface area contributed by atoms with Crippen LogP contribution in [0.3, 0.4) is 0 Å². The smallest absolute Gasteiger partial charge is 0.325 e. The van der Waals surface area contributed by atoms with Gasteiger partial charge in [0, 0.05) is 5.56 Å². The van der Waals surface area contributed by atoms with Crippen LogP contribution in [0, 0.1) is 6.92 Å². The summed E-state index contributed by atoms with van der Waals surface area (Å²) >= 11 is 0. The number of aliphatic carboxylic acids is 1. The van der Waals surface area contributed by atoms with Crippen molar-refractivity contribution < 1.29 is 19.1 Å². The molecule has 0 aromatic carbocycles. The molecule has 0 atom stereocenters. The van der Waals surface area contributed by atoms with E-state index in [4.69, 9.17) is 9.52 Å². The topological polar surface area (TPSA) is 110 Å². The number of rotatable bonds is 5. The molecule has 8 nitrogen and oxygen atoms in total. The fourth-order valence-electron chi connectivity index (χ4n) is 1.49. The zero-order chi connectivity index (χ0) is 13.8. The van der Waals surface area contributed by atoms with Gasteiger partial charge in [0.1, 0.15) is 12.2 Å². The van der Waals surface area contributed by atoms with Crippen molar-refractivity contribution in [2.75, 3.05) is 0 Å². The Bertz CT molecular complexity index is 601. The molecule has 0 fully saturated rings. The van der Waals surface area contributed by atoms with Gasteiger partial charge in [-0.05, 0) is 13.0 Å². The maximum Gasteiger partial charge on any atom is 0.325 e. The number of aromatic nitrogens is 3. The van der Waals surface area contributed by atoms with E-state index in [-0.39, 0.29) is 24.8 Å². The molecule has 1 amide bonds. The lowest BCUT2D eigenvalue weighted by atomic mass is 10.2. The van der Waals surface area contributed by atoms with Gasteiger partial charge in [0.2, 0.25) is 0 Å².